The number of hydroxylamine groups is 1. The first kappa shape index (κ1) is 21.3. The van der Waals surface area contributed by atoms with Gasteiger partial charge in [-0.2, -0.15) is 5.48 Å². The van der Waals surface area contributed by atoms with Crippen LogP contribution in [0.4, 0.5) is 4.39 Å². The van der Waals surface area contributed by atoms with Gasteiger partial charge in [-0.25, -0.2) is 9.18 Å². The van der Waals surface area contributed by atoms with Crippen LogP contribution in [0, 0.1) is 5.82 Å². The van der Waals surface area contributed by atoms with E-state index in [1.54, 1.807) is 16.7 Å². The van der Waals surface area contributed by atoms with Gasteiger partial charge in [-0.3, -0.25) is 14.2 Å². The summed E-state index contributed by atoms with van der Waals surface area (Å²) >= 11 is 6.03. The van der Waals surface area contributed by atoms with Crippen molar-refractivity contribution in [2.24, 2.45) is 0 Å². The molecule has 0 saturated carbocycles. The number of ketones is 1. The number of carbonyl (C=O) groups excluding carboxylic acids is 1. The average Bonchev–Trinajstić information content (AvgIpc) is 3.25. The predicted molar refractivity (Wildman–Crippen MR) is 116 cm³/mol. The van der Waals surface area contributed by atoms with Crippen molar-refractivity contribution in [2.45, 2.75) is 30.7 Å². The average molecular weight is 461 g/mol. The van der Waals surface area contributed by atoms with E-state index in [0.29, 0.717) is 30.2 Å². The third kappa shape index (κ3) is 3.66. The first-order valence-electron chi connectivity index (χ1n) is 10.4. The fourth-order valence-corrected chi connectivity index (χ4v) is 4.75. The molecule has 10 heteroatoms. The summed E-state index contributed by atoms with van der Waals surface area (Å²) < 4.78 is 15.0. The number of carbonyl (C=O) groups is 1. The number of nitrogens with zero attached hydrogens (tertiary/aromatic N) is 2. The summed E-state index contributed by atoms with van der Waals surface area (Å²) in [5, 5.41) is 11.3. The van der Waals surface area contributed by atoms with Crippen LogP contribution in [-0.2, 0) is 15.4 Å². The van der Waals surface area contributed by atoms with Crippen LogP contribution in [0.3, 0.4) is 0 Å². The van der Waals surface area contributed by atoms with Gasteiger partial charge in [0.05, 0.1) is 11.0 Å². The third-order valence-electron chi connectivity index (χ3n) is 6.28. The van der Waals surface area contributed by atoms with Crippen molar-refractivity contribution in [3.63, 3.8) is 0 Å². The first-order valence-corrected chi connectivity index (χ1v) is 10.8. The lowest BCUT2D eigenvalue weighted by molar-refractivity contribution is -0.207. The molecule has 2 unspecified atom stereocenters. The molecule has 0 bridgehead atoms. The van der Waals surface area contributed by atoms with Gasteiger partial charge in [0.2, 0.25) is 5.78 Å². The molecule has 8 nitrogen and oxygen atoms in total. The number of Topliss-reactive ketones (excluding diaryl/α,β-unsaturated/α-hetero) is 1. The van der Waals surface area contributed by atoms with Gasteiger partial charge >= 0.3 is 5.69 Å². The molecule has 3 heterocycles. The minimum Gasteiger partial charge on any atom is -0.355 e. The third-order valence-corrected chi connectivity index (χ3v) is 6.51. The summed E-state index contributed by atoms with van der Waals surface area (Å²) in [6.07, 6.45) is 1.47. The molecule has 2 atom stereocenters. The Morgan fingerprint density at radius 3 is 2.59 bits per heavy atom. The number of likely N-dealkylation sites (tertiary alicyclic amines) is 1. The molecule has 2 saturated heterocycles. The van der Waals surface area contributed by atoms with Gasteiger partial charge in [0.25, 0.3) is 5.79 Å². The minimum absolute atomic E-state index is 0.0355. The Morgan fingerprint density at radius 1 is 1.16 bits per heavy atom. The Bertz CT molecular complexity index is 1220. The minimum atomic E-state index is -2.14. The molecule has 0 amide bonds. The van der Waals surface area contributed by atoms with Crippen molar-refractivity contribution in [3.05, 3.63) is 69.4 Å². The van der Waals surface area contributed by atoms with Gasteiger partial charge in [0.15, 0.2) is 0 Å². The number of nitrogens with one attached hydrogen (secondary N) is 2. The zero-order chi connectivity index (χ0) is 22.5. The highest BCUT2D eigenvalue weighted by atomic mass is 35.5. The number of aliphatic hydroxyl groups is 1. The molecule has 2 fully saturated rings. The number of imidazole rings is 1. The normalized spacial score (nSPS) is 25.1. The van der Waals surface area contributed by atoms with Gasteiger partial charge in [0.1, 0.15) is 11.9 Å². The lowest BCUT2D eigenvalue weighted by atomic mass is 9.97. The molecule has 5 rings (SSSR count). The summed E-state index contributed by atoms with van der Waals surface area (Å²) in [6, 6.07) is 9.66. The van der Waals surface area contributed by atoms with Crippen LogP contribution in [0.5, 0.6) is 0 Å². The van der Waals surface area contributed by atoms with Crippen LogP contribution < -0.4 is 11.2 Å². The summed E-state index contributed by atoms with van der Waals surface area (Å²) in [5.74, 6) is -3.13. The number of H-pyrrole nitrogens is 1. The zero-order valence-electron chi connectivity index (χ0n) is 17.1. The highest BCUT2D eigenvalue weighted by Gasteiger charge is 2.50. The van der Waals surface area contributed by atoms with E-state index in [0.717, 1.165) is 18.4 Å². The van der Waals surface area contributed by atoms with Crippen LogP contribution in [-0.4, -0.2) is 51.0 Å². The summed E-state index contributed by atoms with van der Waals surface area (Å²) in [5.41, 5.74) is 4.18. The number of halogens is 2. The molecule has 3 N–H and O–H groups in total. The number of aromatic amines is 1. The van der Waals surface area contributed by atoms with Crippen LogP contribution in [0.25, 0.3) is 11.0 Å². The highest BCUT2D eigenvalue weighted by Crippen LogP contribution is 2.31. The van der Waals surface area contributed by atoms with E-state index < -0.39 is 23.4 Å². The van der Waals surface area contributed by atoms with E-state index in [1.807, 2.05) is 6.07 Å². The Hall–Kier alpha value is -2.56. The van der Waals surface area contributed by atoms with Crippen LogP contribution in [0.2, 0.25) is 5.02 Å². The van der Waals surface area contributed by atoms with Crippen LogP contribution >= 0.6 is 11.6 Å². The van der Waals surface area contributed by atoms with Crippen LogP contribution in [0.15, 0.2) is 47.3 Å². The summed E-state index contributed by atoms with van der Waals surface area (Å²) in [7, 11) is 0. The Kier molecular flexibility index (Phi) is 5.39. The summed E-state index contributed by atoms with van der Waals surface area (Å²) in [6.45, 7) is 1.71. The lowest BCUT2D eigenvalue weighted by Crippen LogP contribution is -2.46. The van der Waals surface area contributed by atoms with Gasteiger partial charge in [0, 0.05) is 36.3 Å². The van der Waals surface area contributed by atoms with Gasteiger partial charge in [-0.15, -0.1) is 0 Å². The van der Waals surface area contributed by atoms with E-state index in [1.165, 1.54) is 24.3 Å². The molecule has 168 valence electrons. The zero-order valence-corrected chi connectivity index (χ0v) is 17.8. The molecule has 2 aromatic carbocycles. The molecular formula is C22H22ClFN4O4. The van der Waals surface area contributed by atoms with E-state index >= 15 is 0 Å². The molecule has 1 aromatic heterocycles. The topological polar surface area (TPSA) is 99.6 Å². The number of hydrogen-bond acceptors (Lipinski definition) is 6. The van der Waals surface area contributed by atoms with Gasteiger partial charge < -0.3 is 15.0 Å². The van der Waals surface area contributed by atoms with Crippen LogP contribution in [0.1, 0.15) is 24.4 Å². The number of benzene rings is 2. The maximum absolute atomic E-state index is 13.2. The van der Waals surface area contributed by atoms with Crippen molar-refractivity contribution in [2.75, 3.05) is 19.6 Å². The van der Waals surface area contributed by atoms with Crippen molar-refractivity contribution in [1.82, 2.24) is 19.9 Å². The van der Waals surface area contributed by atoms with E-state index in [2.05, 4.69) is 15.4 Å². The number of hydrogen-bond donors (Lipinski definition) is 3. The Labute approximate surface area is 187 Å². The number of piperidine rings is 1. The number of fused-ring (bicyclic) bond motifs is 1. The second-order valence-electron chi connectivity index (χ2n) is 8.28. The number of aromatic nitrogens is 2. The highest BCUT2D eigenvalue weighted by molar-refractivity contribution is 6.31. The van der Waals surface area contributed by atoms with Gasteiger partial charge in [-0.1, -0.05) is 23.7 Å². The Balaban J connectivity index is 1.24. The van der Waals surface area contributed by atoms with Gasteiger partial charge in [-0.05, 0) is 43.2 Å². The number of rotatable bonds is 4. The standard InChI is InChI=1S/C22H22ClFN4O4/c23-14-3-6-19-17(11-14)25-21(30)28(19)16-7-9-27(10-8-16)12-18-20(29)22(31,32-26-18)13-1-4-15(24)5-2-13/h1-6,11,16,18,26,31H,7-10,12H2,(H,25,30). The summed E-state index contributed by atoms with van der Waals surface area (Å²) in [4.78, 5) is 35.5. The smallest absolute Gasteiger partial charge is 0.326 e. The molecule has 2 aliphatic rings. The molecule has 3 aromatic rings. The second kappa shape index (κ2) is 8.09. The molecule has 32 heavy (non-hydrogen) atoms. The SMILES string of the molecule is O=C1C(CN2CCC(n3c(=O)[nH]c4cc(Cl)ccc43)CC2)NOC1(O)c1ccc(F)cc1. The largest absolute Gasteiger partial charge is 0.355 e. The van der Waals surface area contributed by atoms with Crippen molar-refractivity contribution >= 4 is 28.4 Å². The maximum atomic E-state index is 13.2. The fourth-order valence-electron chi connectivity index (χ4n) is 4.58. The first-order chi connectivity index (χ1) is 15.3. The fraction of sp³-hybridized carbons (Fsp3) is 0.364. The van der Waals surface area contributed by atoms with Crippen molar-refractivity contribution in [1.29, 1.82) is 0 Å². The molecular weight excluding hydrogens is 439 g/mol. The molecule has 0 spiro atoms. The van der Waals surface area contributed by atoms with Crippen molar-refractivity contribution < 1.29 is 19.1 Å². The second-order valence-corrected chi connectivity index (χ2v) is 8.72. The quantitative estimate of drug-likeness (QED) is 0.551. The van der Waals surface area contributed by atoms with E-state index in [9.17, 15) is 19.1 Å². The van der Waals surface area contributed by atoms with E-state index in [4.69, 9.17) is 16.4 Å². The maximum Gasteiger partial charge on any atom is 0.326 e. The predicted octanol–water partition coefficient (Wildman–Crippen LogP) is 2.08. The monoisotopic (exact) mass is 460 g/mol. The molecule has 2 aliphatic heterocycles. The lowest BCUT2D eigenvalue weighted by Gasteiger charge is -2.33. The Morgan fingerprint density at radius 2 is 1.88 bits per heavy atom. The van der Waals surface area contributed by atoms with Crippen molar-refractivity contribution in [3.8, 4) is 0 Å². The molecule has 0 radical (unpaired) electrons. The molecule has 0 aliphatic carbocycles. The van der Waals surface area contributed by atoms with E-state index in [-0.39, 0.29) is 17.3 Å².